The summed E-state index contributed by atoms with van der Waals surface area (Å²) in [5.41, 5.74) is 15.3. The molecule has 2 fully saturated rings. The molecule has 1 amide bonds. The van der Waals surface area contributed by atoms with Gasteiger partial charge in [-0.3, -0.25) is 4.90 Å². The summed E-state index contributed by atoms with van der Waals surface area (Å²) in [7, 11) is 1.52. The highest BCUT2D eigenvalue weighted by atomic mass is 16.6. The second-order valence-electron chi connectivity index (χ2n) is 8.82. The molecule has 172 valence electrons. The molecule has 0 radical (unpaired) electrons. The Bertz CT molecular complexity index is 1030. The first-order valence-corrected chi connectivity index (χ1v) is 11.0. The summed E-state index contributed by atoms with van der Waals surface area (Å²) in [6.45, 7) is 6.08. The molecule has 2 aromatic heterocycles. The number of nitrogens with two attached hydrogens (primary N) is 2. The molecule has 0 aromatic carbocycles. The summed E-state index contributed by atoms with van der Waals surface area (Å²) in [6.07, 6.45) is 8.71. The van der Waals surface area contributed by atoms with Gasteiger partial charge in [0.05, 0.1) is 37.0 Å². The first-order valence-electron chi connectivity index (χ1n) is 11.0. The zero-order valence-electron chi connectivity index (χ0n) is 18.9. The summed E-state index contributed by atoms with van der Waals surface area (Å²) >= 11 is 0. The van der Waals surface area contributed by atoms with Crippen molar-refractivity contribution in [3.05, 3.63) is 48.2 Å². The Morgan fingerprint density at radius 1 is 1.31 bits per heavy atom. The summed E-state index contributed by atoms with van der Waals surface area (Å²) < 4.78 is 12.4. The number of amides is 1. The van der Waals surface area contributed by atoms with E-state index in [1.165, 1.54) is 13.3 Å². The number of methoxy groups -OCH3 is 1. The molecular weight excluding hydrogens is 408 g/mol. The van der Waals surface area contributed by atoms with Gasteiger partial charge in [-0.25, -0.2) is 9.31 Å². The Morgan fingerprint density at radius 2 is 2.03 bits per heavy atom. The molecule has 2 atom stereocenters. The lowest BCUT2D eigenvalue weighted by Gasteiger charge is -2.41. The molecule has 2 aromatic rings. The van der Waals surface area contributed by atoms with Crippen molar-refractivity contribution < 1.29 is 14.3 Å². The van der Waals surface area contributed by atoms with Crippen LogP contribution < -0.4 is 16.4 Å². The van der Waals surface area contributed by atoms with Crippen LogP contribution in [0.4, 0.5) is 10.5 Å². The second kappa shape index (κ2) is 9.02. The Labute approximate surface area is 188 Å². The predicted octanol–water partition coefficient (Wildman–Crippen LogP) is 2.53. The van der Waals surface area contributed by atoms with Crippen molar-refractivity contribution in [2.75, 3.05) is 31.7 Å². The van der Waals surface area contributed by atoms with Crippen molar-refractivity contribution in [2.24, 2.45) is 17.4 Å². The molecule has 0 aliphatic carbocycles. The summed E-state index contributed by atoms with van der Waals surface area (Å²) in [4.78, 5) is 17.0. The molecule has 4 rings (SSSR count). The molecular formula is C23H32N6O3. The highest BCUT2D eigenvalue weighted by Crippen LogP contribution is 2.35. The average Bonchev–Trinajstić information content (AvgIpc) is 3.33. The topological polar surface area (TPSA) is 111 Å². The van der Waals surface area contributed by atoms with Crippen molar-refractivity contribution in [3.63, 3.8) is 0 Å². The van der Waals surface area contributed by atoms with Crippen molar-refractivity contribution >= 4 is 22.9 Å². The third kappa shape index (κ3) is 4.19. The Kier molecular flexibility index (Phi) is 6.16. The number of hydrogen-bond donors (Lipinski definition) is 2. The van der Waals surface area contributed by atoms with Gasteiger partial charge in [0.25, 0.3) is 0 Å². The lowest BCUT2D eigenvalue weighted by atomic mass is 10.1. The third-order valence-corrected chi connectivity index (χ3v) is 6.11. The smallest absolute Gasteiger partial charge is 0.410 e. The summed E-state index contributed by atoms with van der Waals surface area (Å²) in [6, 6.07) is 4.38. The number of aromatic nitrogens is 2. The van der Waals surface area contributed by atoms with Crippen LogP contribution in [0, 0.1) is 5.92 Å². The van der Waals surface area contributed by atoms with Crippen LogP contribution in [0.2, 0.25) is 0 Å². The number of ether oxygens (including phenoxy) is 2. The lowest BCUT2D eigenvalue weighted by molar-refractivity contribution is 0.0704. The van der Waals surface area contributed by atoms with Crippen molar-refractivity contribution in [1.29, 1.82) is 0 Å². The molecule has 2 unspecified atom stereocenters. The van der Waals surface area contributed by atoms with Crippen LogP contribution in [0.15, 0.2) is 42.7 Å². The fourth-order valence-electron chi connectivity index (χ4n) is 4.58. The largest absolute Gasteiger partial charge is 0.483 e. The fourth-order valence-corrected chi connectivity index (χ4v) is 4.58. The molecule has 9 nitrogen and oxygen atoms in total. The second-order valence-corrected chi connectivity index (χ2v) is 8.82. The van der Waals surface area contributed by atoms with E-state index in [9.17, 15) is 4.79 Å². The minimum Gasteiger partial charge on any atom is -0.483 e. The van der Waals surface area contributed by atoms with Gasteiger partial charge in [-0.05, 0) is 30.9 Å². The van der Waals surface area contributed by atoms with Crippen LogP contribution in [0.25, 0.3) is 11.1 Å². The van der Waals surface area contributed by atoms with Gasteiger partial charge in [-0.2, -0.15) is 5.10 Å². The van der Waals surface area contributed by atoms with Gasteiger partial charge in [0.1, 0.15) is 0 Å². The van der Waals surface area contributed by atoms with Gasteiger partial charge in [0.2, 0.25) is 0 Å². The Balaban J connectivity index is 1.58. The summed E-state index contributed by atoms with van der Waals surface area (Å²) in [5.74, 6) is 0.607. The Morgan fingerprint density at radius 3 is 2.66 bits per heavy atom. The highest BCUT2D eigenvalue weighted by molar-refractivity contribution is 5.82. The maximum atomic E-state index is 12.7. The van der Waals surface area contributed by atoms with E-state index in [0.29, 0.717) is 12.5 Å². The fraction of sp³-hybridized carbons (Fsp3) is 0.478. The number of allylic oxidation sites excluding steroid dienone is 2. The highest BCUT2D eigenvalue weighted by Gasteiger charge is 2.43. The third-order valence-electron chi connectivity index (χ3n) is 6.11. The SMILES string of the molecule is CO/C(N)=C/C(=C\N)c1cc2c(N3CC4CCC(C3)N4C(=O)OCC(C)C)ccnn2c1. The van der Waals surface area contributed by atoms with Crippen molar-refractivity contribution in [3.8, 4) is 0 Å². The molecule has 2 aliphatic heterocycles. The molecule has 9 heteroatoms. The molecule has 0 saturated carbocycles. The lowest BCUT2D eigenvalue weighted by Crippen LogP contribution is -2.56. The first kappa shape index (κ1) is 21.9. The van der Waals surface area contributed by atoms with E-state index in [-0.39, 0.29) is 24.1 Å². The van der Waals surface area contributed by atoms with E-state index in [4.69, 9.17) is 20.9 Å². The van der Waals surface area contributed by atoms with Gasteiger partial charge >= 0.3 is 6.09 Å². The van der Waals surface area contributed by atoms with E-state index in [1.54, 1.807) is 12.3 Å². The predicted molar refractivity (Wildman–Crippen MR) is 124 cm³/mol. The zero-order valence-corrected chi connectivity index (χ0v) is 18.9. The molecule has 2 bridgehead atoms. The Hall–Kier alpha value is -3.36. The molecule has 32 heavy (non-hydrogen) atoms. The molecule has 2 saturated heterocycles. The monoisotopic (exact) mass is 440 g/mol. The minimum atomic E-state index is -0.184. The number of hydrogen-bond acceptors (Lipinski definition) is 7. The van der Waals surface area contributed by atoms with Gasteiger partial charge in [0.15, 0.2) is 5.88 Å². The zero-order chi connectivity index (χ0) is 22.8. The van der Waals surface area contributed by atoms with Crippen LogP contribution in [0.5, 0.6) is 0 Å². The van der Waals surface area contributed by atoms with Gasteiger partial charge in [-0.1, -0.05) is 13.8 Å². The van der Waals surface area contributed by atoms with E-state index >= 15 is 0 Å². The maximum absolute atomic E-state index is 12.7. The summed E-state index contributed by atoms with van der Waals surface area (Å²) in [5, 5.41) is 4.47. The van der Waals surface area contributed by atoms with E-state index in [2.05, 4.69) is 10.00 Å². The van der Waals surface area contributed by atoms with Gasteiger partial charge < -0.3 is 25.8 Å². The van der Waals surface area contributed by atoms with Crippen molar-refractivity contribution in [2.45, 2.75) is 38.8 Å². The minimum absolute atomic E-state index is 0.153. The van der Waals surface area contributed by atoms with E-state index < -0.39 is 0 Å². The normalized spacial score (nSPS) is 21.5. The standard InChI is InChI=1S/C23H32N6O3/c1-15(2)14-32-23(30)29-18-4-5-19(29)13-27(12-18)20-6-7-26-28-11-17(8-21(20)28)16(10-24)9-22(25)31-3/h6-11,15,18-19H,4-5,12-14,24-25H2,1-3H3/b16-10+,22-9+. The molecule has 0 spiro atoms. The quantitative estimate of drug-likeness (QED) is 0.524. The van der Waals surface area contributed by atoms with Crippen LogP contribution in [-0.2, 0) is 9.47 Å². The van der Waals surface area contributed by atoms with E-state index in [0.717, 1.165) is 48.3 Å². The number of carbonyl (C=O) groups excluding carboxylic acids is 1. The number of nitrogens with zero attached hydrogens (tertiary/aromatic N) is 4. The first-order chi connectivity index (χ1) is 15.4. The molecule has 4 heterocycles. The number of piperazine rings is 1. The van der Waals surface area contributed by atoms with Crippen molar-refractivity contribution in [1.82, 2.24) is 14.5 Å². The van der Waals surface area contributed by atoms with E-state index in [1.807, 2.05) is 41.6 Å². The number of anilines is 1. The van der Waals surface area contributed by atoms with Gasteiger partial charge in [-0.15, -0.1) is 0 Å². The van der Waals surface area contributed by atoms with Crippen LogP contribution in [0.3, 0.4) is 0 Å². The molecule has 4 N–H and O–H groups in total. The number of rotatable bonds is 6. The number of fused-ring (bicyclic) bond motifs is 3. The van der Waals surface area contributed by atoms with Gasteiger partial charge in [0, 0.05) is 48.9 Å². The van der Waals surface area contributed by atoms with Crippen LogP contribution in [0.1, 0.15) is 32.3 Å². The van der Waals surface area contributed by atoms with Crippen LogP contribution >= 0.6 is 0 Å². The average molecular weight is 441 g/mol. The maximum Gasteiger partial charge on any atom is 0.410 e. The van der Waals surface area contributed by atoms with Crippen LogP contribution in [-0.4, -0.2) is 59.5 Å². The molecule has 2 aliphatic rings. The number of carbonyl (C=O) groups is 1.